The molecule has 0 aliphatic carbocycles. The topological polar surface area (TPSA) is 141 Å². The van der Waals surface area contributed by atoms with Crippen molar-refractivity contribution in [2.24, 2.45) is 0 Å². The van der Waals surface area contributed by atoms with E-state index < -0.39 is 6.10 Å². The molecule has 2 aliphatic heterocycles. The summed E-state index contributed by atoms with van der Waals surface area (Å²) in [4.78, 5) is 32.9. The van der Waals surface area contributed by atoms with E-state index in [1.165, 1.54) is 17.5 Å². The number of likely N-dealkylation sites (tertiary alicyclic amines) is 1. The molecular weight excluding hydrogens is 600 g/mol. The van der Waals surface area contributed by atoms with Crippen molar-refractivity contribution in [1.29, 1.82) is 0 Å². The summed E-state index contributed by atoms with van der Waals surface area (Å²) in [6.07, 6.45) is 3.30. The van der Waals surface area contributed by atoms with E-state index in [-0.39, 0.29) is 24.4 Å². The van der Waals surface area contributed by atoms with Gasteiger partial charge in [-0.05, 0) is 74.6 Å². The van der Waals surface area contributed by atoms with Crippen LogP contribution in [0.4, 0.5) is 11.4 Å². The number of carbonyl (C=O) groups is 2. The molecule has 0 unspecified atom stereocenters. The third kappa shape index (κ3) is 10.7. The van der Waals surface area contributed by atoms with E-state index in [0.29, 0.717) is 18.7 Å². The van der Waals surface area contributed by atoms with E-state index in [1.54, 1.807) is 20.1 Å². The Balaban J connectivity index is 0.00000118. The summed E-state index contributed by atoms with van der Waals surface area (Å²) in [6.45, 7) is 10.2. The Morgan fingerprint density at radius 3 is 2.51 bits per heavy atom. The number of amides is 2. The van der Waals surface area contributed by atoms with Crippen LogP contribution in [0.15, 0.2) is 47.2 Å². The molecular formula is C35H50N6O6. The predicted molar refractivity (Wildman–Crippen MR) is 182 cm³/mol. The van der Waals surface area contributed by atoms with Gasteiger partial charge in [-0.3, -0.25) is 14.5 Å². The van der Waals surface area contributed by atoms with Crippen molar-refractivity contribution in [3.05, 3.63) is 70.9 Å². The Hall–Kier alpha value is -4.13. The first-order valence-corrected chi connectivity index (χ1v) is 16.3. The van der Waals surface area contributed by atoms with Crippen LogP contribution in [0.5, 0.6) is 5.75 Å². The normalized spacial score (nSPS) is 15.6. The van der Waals surface area contributed by atoms with Gasteiger partial charge in [0, 0.05) is 89.9 Å². The van der Waals surface area contributed by atoms with E-state index >= 15 is 0 Å². The van der Waals surface area contributed by atoms with Crippen molar-refractivity contribution in [1.82, 2.24) is 20.1 Å². The molecule has 0 saturated carbocycles. The van der Waals surface area contributed by atoms with Crippen molar-refractivity contribution >= 4 is 23.2 Å². The van der Waals surface area contributed by atoms with Gasteiger partial charge < -0.3 is 39.8 Å². The highest BCUT2D eigenvalue weighted by atomic mass is 16.5. The van der Waals surface area contributed by atoms with Crippen LogP contribution in [0, 0.1) is 6.92 Å². The number of aryl methyl sites for hydroxylation is 1. The highest BCUT2D eigenvalue weighted by Crippen LogP contribution is 2.25. The minimum atomic E-state index is -0.699. The number of carbonyl (C=O) groups excluding carboxylic acids is 2. The first kappa shape index (κ1) is 35.7. The van der Waals surface area contributed by atoms with Gasteiger partial charge in [0.1, 0.15) is 12.4 Å². The average Bonchev–Trinajstić information content (AvgIpc) is 3.50. The second kappa shape index (κ2) is 17.7. The Bertz CT molecular complexity index is 1450. The molecule has 47 heavy (non-hydrogen) atoms. The largest absolute Gasteiger partial charge is 0.486 e. The molecule has 0 bridgehead atoms. The van der Waals surface area contributed by atoms with Crippen LogP contribution in [-0.2, 0) is 29.1 Å². The summed E-state index contributed by atoms with van der Waals surface area (Å²) in [5.74, 6) is 1.39. The Kier molecular flexibility index (Phi) is 13.4. The van der Waals surface area contributed by atoms with Gasteiger partial charge >= 0.3 is 0 Å². The van der Waals surface area contributed by atoms with Gasteiger partial charge in [-0.1, -0.05) is 6.07 Å². The average molecular weight is 651 g/mol. The molecule has 1 atom stereocenters. The van der Waals surface area contributed by atoms with Gasteiger partial charge in [0.15, 0.2) is 12.2 Å². The zero-order valence-electron chi connectivity index (χ0n) is 28.3. The number of aliphatic hydroxyl groups is 1. The number of β-amino-alcohol motifs (C(OH)–C–C–N with tert-alkyl or cyclic N) is 1. The number of hydrogen-bond donors (Lipinski definition) is 4. The highest BCUT2D eigenvalue weighted by molar-refractivity contribution is 5.96. The summed E-state index contributed by atoms with van der Waals surface area (Å²) < 4.78 is 15.8. The molecule has 1 aromatic heterocycles. The van der Waals surface area contributed by atoms with E-state index in [4.69, 9.17) is 9.15 Å². The molecule has 12 heteroatoms. The van der Waals surface area contributed by atoms with Gasteiger partial charge in [-0.15, -0.1) is 0 Å². The standard InChI is InChI=1S/C32H42N6O5.C3H8O/c1-21-31(43-20-35-21)19-42-30-5-4-24-17-37(9-6-23(24)14-30)18-29(40)16-34-32(41)25-12-27(33-3)15-28(13-25)36-26-7-10-38(11-8-26)22(2)39;1-3-4-2/h4-5,12-15,20,26,29,33,36,40H,6-11,16-19H2,1-3H3,(H,34,41);3H2,1-2H3/t29-;/m0./s1. The lowest BCUT2D eigenvalue weighted by molar-refractivity contribution is -0.129. The number of oxazole rings is 1. The lowest BCUT2D eigenvalue weighted by atomic mass is 9.99. The quantitative estimate of drug-likeness (QED) is 0.229. The summed E-state index contributed by atoms with van der Waals surface area (Å²) in [7, 11) is 3.50. The fourth-order valence-corrected chi connectivity index (χ4v) is 5.68. The van der Waals surface area contributed by atoms with Crippen LogP contribution in [0.2, 0.25) is 0 Å². The Morgan fingerprint density at radius 2 is 1.85 bits per heavy atom. The zero-order valence-corrected chi connectivity index (χ0v) is 28.3. The van der Waals surface area contributed by atoms with Gasteiger partial charge in [-0.2, -0.15) is 0 Å². The van der Waals surface area contributed by atoms with Crippen molar-refractivity contribution < 1.29 is 28.6 Å². The Morgan fingerprint density at radius 1 is 1.11 bits per heavy atom. The van der Waals surface area contributed by atoms with Gasteiger partial charge in [-0.25, -0.2) is 4.98 Å². The summed E-state index contributed by atoms with van der Waals surface area (Å²) in [6, 6.07) is 12.0. The fraction of sp³-hybridized carbons (Fsp3) is 0.514. The maximum atomic E-state index is 13.1. The molecule has 2 aliphatic rings. The van der Waals surface area contributed by atoms with Gasteiger partial charge in [0.25, 0.3) is 5.91 Å². The summed E-state index contributed by atoms with van der Waals surface area (Å²) in [5, 5.41) is 20.3. The van der Waals surface area contributed by atoms with Crippen LogP contribution in [0.25, 0.3) is 0 Å². The number of hydrogen-bond acceptors (Lipinski definition) is 10. The van der Waals surface area contributed by atoms with E-state index in [9.17, 15) is 14.7 Å². The van der Waals surface area contributed by atoms with Crippen LogP contribution >= 0.6 is 0 Å². The molecule has 12 nitrogen and oxygen atoms in total. The fourth-order valence-electron chi connectivity index (χ4n) is 5.68. The van der Waals surface area contributed by atoms with E-state index in [0.717, 1.165) is 80.6 Å². The maximum Gasteiger partial charge on any atom is 0.251 e. The van der Waals surface area contributed by atoms with Crippen LogP contribution in [0.1, 0.15) is 59.6 Å². The number of methoxy groups -OCH3 is 1. The molecule has 2 aromatic carbocycles. The van der Waals surface area contributed by atoms with Gasteiger partial charge in [0.2, 0.25) is 5.91 Å². The molecule has 2 amide bonds. The second-order valence-electron chi connectivity index (χ2n) is 12.0. The Labute approximate surface area is 277 Å². The number of aliphatic hydroxyl groups excluding tert-OH is 1. The number of fused-ring (bicyclic) bond motifs is 1. The number of nitrogens with one attached hydrogen (secondary N) is 3. The first-order chi connectivity index (χ1) is 22.7. The summed E-state index contributed by atoms with van der Waals surface area (Å²) >= 11 is 0. The number of benzene rings is 2. The van der Waals surface area contributed by atoms with Crippen LogP contribution < -0.4 is 20.7 Å². The second-order valence-corrected chi connectivity index (χ2v) is 12.0. The monoisotopic (exact) mass is 650 g/mol. The number of piperidine rings is 1. The van der Waals surface area contributed by atoms with E-state index in [2.05, 4.69) is 42.7 Å². The molecule has 3 aromatic rings. The van der Waals surface area contributed by atoms with E-state index in [1.807, 2.05) is 44.0 Å². The van der Waals surface area contributed by atoms with Crippen molar-refractivity contribution in [3.63, 3.8) is 0 Å². The number of rotatable bonds is 12. The van der Waals surface area contributed by atoms with Crippen molar-refractivity contribution in [2.75, 3.05) is 64.1 Å². The van der Waals surface area contributed by atoms with Crippen LogP contribution in [0.3, 0.4) is 0 Å². The first-order valence-electron chi connectivity index (χ1n) is 16.3. The third-order valence-electron chi connectivity index (χ3n) is 8.53. The molecule has 256 valence electrons. The number of anilines is 2. The SMILES string of the molecule is CCOC.CNc1cc(NC2CCN(C(C)=O)CC2)cc(C(=O)NC[C@H](O)CN2CCc3cc(OCc4ocnc4C)ccc3C2)c1. The lowest BCUT2D eigenvalue weighted by Gasteiger charge is -2.32. The molecule has 0 spiro atoms. The maximum absolute atomic E-state index is 13.1. The smallest absolute Gasteiger partial charge is 0.251 e. The van der Waals surface area contributed by atoms with Gasteiger partial charge in [0.05, 0.1) is 11.8 Å². The molecule has 5 rings (SSSR count). The number of nitrogens with zero attached hydrogens (tertiary/aromatic N) is 3. The predicted octanol–water partition coefficient (Wildman–Crippen LogP) is 3.83. The number of aromatic nitrogens is 1. The minimum Gasteiger partial charge on any atom is -0.486 e. The highest BCUT2D eigenvalue weighted by Gasteiger charge is 2.22. The lowest BCUT2D eigenvalue weighted by Crippen LogP contribution is -2.42. The summed E-state index contributed by atoms with van der Waals surface area (Å²) in [5.41, 5.74) is 5.48. The minimum absolute atomic E-state index is 0.108. The molecule has 1 saturated heterocycles. The molecule has 0 radical (unpaired) electrons. The zero-order chi connectivity index (χ0) is 33.8. The van der Waals surface area contributed by atoms with Crippen molar-refractivity contribution in [3.8, 4) is 5.75 Å². The third-order valence-corrected chi connectivity index (χ3v) is 8.53. The molecule has 1 fully saturated rings. The molecule has 3 heterocycles. The van der Waals surface area contributed by atoms with Crippen molar-refractivity contribution in [2.45, 2.75) is 65.3 Å². The number of ether oxygens (including phenoxy) is 2. The van der Waals surface area contributed by atoms with Crippen LogP contribution in [-0.4, -0.2) is 97.3 Å². The molecule has 4 N–H and O–H groups in total.